The molecule has 1 aliphatic rings. The molecule has 0 N–H and O–H groups in total. The summed E-state index contributed by atoms with van der Waals surface area (Å²) in [5.41, 5.74) is 6.10. The minimum Gasteiger partial charge on any atom is -0.496 e. The van der Waals surface area contributed by atoms with Crippen molar-refractivity contribution in [2.24, 2.45) is 0 Å². The van der Waals surface area contributed by atoms with Gasteiger partial charge in [0.25, 0.3) is 0 Å². The summed E-state index contributed by atoms with van der Waals surface area (Å²) >= 11 is 1.61. The van der Waals surface area contributed by atoms with Crippen molar-refractivity contribution in [1.29, 1.82) is 0 Å². The molecular formula is C26H26N4O3S. The fraction of sp³-hybridized carbons (Fsp3) is 0.308. The number of thioether (sulfide) groups is 1. The number of carbonyl (C=O) groups excluding carboxylic acids is 1. The predicted molar refractivity (Wildman–Crippen MR) is 132 cm³/mol. The molecule has 0 fully saturated rings. The molecule has 174 valence electrons. The number of para-hydroxylation sites is 1. The maximum Gasteiger partial charge on any atom is 0.337 e. The normalized spacial score (nSPS) is 12.7. The summed E-state index contributed by atoms with van der Waals surface area (Å²) in [6.45, 7) is 2.88. The zero-order valence-electron chi connectivity index (χ0n) is 19.5. The van der Waals surface area contributed by atoms with Crippen molar-refractivity contribution >= 4 is 28.6 Å². The van der Waals surface area contributed by atoms with Crippen molar-refractivity contribution in [3.05, 3.63) is 64.8 Å². The van der Waals surface area contributed by atoms with Gasteiger partial charge < -0.3 is 14.0 Å². The number of aromatic nitrogens is 4. The number of carbonyl (C=O) groups is 1. The van der Waals surface area contributed by atoms with Crippen LogP contribution in [-0.2, 0) is 29.9 Å². The van der Waals surface area contributed by atoms with Crippen LogP contribution in [-0.4, -0.2) is 39.9 Å². The largest absolute Gasteiger partial charge is 0.496 e. The van der Waals surface area contributed by atoms with Crippen LogP contribution in [0.3, 0.4) is 0 Å². The molecule has 0 atom stereocenters. The second-order valence-electron chi connectivity index (χ2n) is 8.14. The Morgan fingerprint density at radius 1 is 1.12 bits per heavy atom. The van der Waals surface area contributed by atoms with Crippen LogP contribution in [0.15, 0.2) is 47.6 Å². The molecule has 5 rings (SSSR count). The van der Waals surface area contributed by atoms with Crippen molar-refractivity contribution < 1.29 is 14.3 Å². The fourth-order valence-electron chi connectivity index (χ4n) is 4.58. The first-order valence-corrected chi connectivity index (χ1v) is 12.3. The summed E-state index contributed by atoms with van der Waals surface area (Å²) < 4.78 is 12.5. The predicted octanol–water partition coefficient (Wildman–Crippen LogP) is 5.09. The quantitative estimate of drug-likeness (QED) is 0.273. The minimum atomic E-state index is -0.384. The number of nitrogens with zero attached hydrogens (tertiary/aromatic N) is 4. The van der Waals surface area contributed by atoms with Crippen molar-refractivity contribution in [1.82, 2.24) is 19.7 Å². The Hall–Kier alpha value is -3.39. The van der Waals surface area contributed by atoms with E-state index in [1.54, 1.807) is 31.0 Å². The molecule has 0 radical (unpaired) electrons. The molecule has 1 aliphatic carbocycles. The van der Waals surface area contributed by atoms with Crippen LogP contribution in [0.1, 0.15) is 40.5 Å². The molecular weight excluding hydrogens is 448 g/mol. The third kappa shape index (κ3) is 3.92. The third-order valence-electron chi connectivity index (χ3n) is 6.24. The Morgan fingerprint density at radius 2 is 1.97 bits per heavy atom. The second-order valence-corrected chi connectivity index (χ2v) is 9.08. The standard InChI is InChI=1S/C26H26N4O3S/c1-4-30-24(23-18-8-5-6-10-20(18)27-21-11-7-9-19(21)23)28-29-26(30)34-15-17-13-12-16(25(31)33-3)14-22(17)32-2/h5-6,8,10,12-14H,4,7,9,11,15H2,1-3H3. The Bertz CT molecular complexity index is 1380. The van der Waals surface area contributed by atoms with E-state index in [1.165, 1.54) is 23.9 Å². The highest BCUT2D eigenvalue weighted by molar-refractivity contribution is 7.98. The molecule has 0 saturated heterocycles. The Kier molecular flexibility index (Phi) is 6.24. The number of hydrogen-bond donors (Lipinski definition) is 0. The van der Waals surface area contributed by atoms with Gasteiger partial charge in [-0.3, -0.25) is 4.98 Å². The second kappa shape index (κ2) is 9.46. The average Bonchev–Trinajstić information content (AvgIpc) is 3.51. The number of ether oxygens (including phenoxy) is 2. The summed E-state index contributed by atoms with van der Waals surface area (Å²) in [5.74, 6) is 1.80. The van der Waals surface area contributed by atoms with E-state index in [-0.39, 0.29) is 5.97 Å². The van der Waals surface area contributed by atoms with Gasteiger partial charge in [0.2, 0.25) is 0 Å². The van der Waals surface area contributed by atoms with Crippen molar-refractivity contribution in [2.45, 2.75) is 43.6 Å². The number of hydrogen-bond acceptors (Lipinski definition) is 7. The third-order valence-corrected chi connectivity index (χ3v) is 7.26. The Morgan fingerprint density at radius 3 is 2.76 bits per heavy atom. The van der Waals surface area contributed by atoms with E-state index in [0.29, 0.717) is 17.1 Å². The zero-order valence-corrected chi connectivity index (χ0v) is 20.3. The van der Waals surface area contributed by atoms with Gasteiger partial charge in [0.05, 0.1) is 25.3 Å². The Labute approximate surface area is 202 Å². The lowest BCUT2D eigenvalue weighted by Crippen LogP contribution is -2.04. The minimum absolute atomic E-state index is 0.384. The molecule has 34 heavy (non-hydrogen) atoms. The van der Waals surface area contributed by atoms with E-state index in [4.69, 9.17) is 14.5 Å². The van der Waals surface area contributed by atoms with Crippen LogP contribution in [0.4, 0.5) is 0 Å². The summed E-state index contributed by atoms with van der Waals surface area (Å²) in [7, 11) is 2.97. The monoisotopic (exact) mass is 474 g/mol. The van der Waals surface area contributed by atoms with Crippen LogP contribution >= 0.6 is 11.8 Å². The van der Waals surface area contributed by atoms with Gasteiger partial charge in [0.1, 0.15) is 5.75 Å². The highest BCUT2D eigenvalue weighted by Gasteiger charge is 2.25. The average molecular weight is 475 g/mol. The van der Waals surface area contributed by atoms with Gasteiger partial charge in [-0.25, -0.2) is 4.79 Å². The van der Waals surface area contributed by atoms with Gasteiger partial charge in [0, 0.05) is 34.5 Å². The lowest BCUT2D eigenvalue weighted by atomic mass is 10.0. The molecule has 7 nitrogen and oxygen atoms in total. The summed E-state index contributed by atoms with van der Waals surface area (Å²) in [6.07, 6.45) is 3.15. The highest BCUT2D eigenvalue weighted by Crippen LogP contribution is 2.38. The van der Waals surface area contributed by atoms with E-state index in [9.17, 15) is 4.79 Å². The number of benzene rings is 2. The lowest BCUT2D eigenvalue weighted by molar-refractivity contribution is 0.0600. The number of fused-ring (bicyclic) bond motifs is 2. The summed E-state index contributed by atoms with van der Waals surface area (Å²) in [6, 6.07) is 13.7. The van der Waals surface area contributed by atoms with Crippen LogP contribution in [0.2, 0.25) is 0 Å². The number of aryl methyl sites for hydroxylation is 1. The SMILES string of the molecule is CCn1c(SCc2ccc(C(=O)OC)cc2OC)nnc1-c1c2c(nc3ccccc13)CCC2. The van der Waals surface area contributed by atoms with Gasteiger partial charge in [-0.15, -0.1) is 10.2 Å². The molecule has 2 aromatic carbocycles. The maximum absolute atomic E-state index is 11.9. The van der Waals surface area contributed by atoms with Crippen molar-refractivity contribution in [3.63, 3.8) is 0 Å². The van der Waals surface area contributed by atoms with Crippen LogP contribution in [0.5, 0.6) is 5.75 Å². The van der Waals surface area contributed by atoms with Gasteiger partial charge in [-0.1, -0.05) is 36.0 Å². The molecule has 0 unspecified atom stereocenters. The van der Waals surface area contributed by atoms with Crippen LogP contribution in [0.25, 0.3) is 22.3 Å². The van der Waals surface area contributed by atoms with E-state index < -0.39 is 0 Å². The first kappa shape index (κ1) is 22.4. The highest BCUT2D eigenvalue weighted by atomic mass is 32.2. The van der Waals surface area contributed by atoms with Gasteiger partial charge in [-0.2, -0.15) is 0 Å². The fourth-order valence-corrected chi connectivity index (χ4v) is 5.58. The molecule has 4 aromatic rings. The number of rotatable bonds is 7. The van der Waals surface area contributed by atoms with Crippen molar-refractivity contribution in [3.8, 4) is 17.1 Å². The molecule has 2 heterocycles. The number of methoxy groups -OCH3 is 2. The lowest BCUT2D eigenvalue weighted by Gasteiger charge is -2.14. The molecule has 0 saturated carbocycles. The summed E-state index contributed by atoms with van der Waals surface area (Å²) in [4.78, 5) is 16.8. The van der Waals surface area contributed by atoms with Gasteiger partial charge >= 0.3 is 5.97 Å². The topological polar surface area (TPSA) is 79.1 Å². The smallest absolute Gasteiger partial charge is 0.337 e. The van der Waals surface area contributed by atoms with E-state index in [1.807, 2.05) is 12.1 Å². The van der Waals surface area contributed by atoms with Crippen LogP contribution in [0, 0.1) is 0 Å². The van der Waals surface area contributed by atoms with E-state index in [0.717, 1.165) is 53.3 Å². The maximum atomic E-state index is 11.9. The van der Waals surface area contributed by atoms with Gasteiger partial charge in [0.15, 0.2) is 11.0 Å². The number of esters is 1. The molecule has 8 heteroatoms. The van der Waals surface area contributed by atoms with E-state index >= 15 is 0 Å². The molecule has 0 amide bonds. The van der Waals surface area contributed by atoms with E-state index in [2.05, 4.69) is 39.9 Å². The zero-order chi connectivity index (χ0) is 23.7. The van der Waals surface area contributed by atoms with Gasteiger partial charge in [-0.05, 0) is 49.9 Å². The molecule has 0 bridgehead atoms. The molecule has 0 spiro atoms. The first-order valence-electron chi connectivity index (χ1n) is 11.4. The van der Waals surface area contributed by atoms with Crippen molar-refractivity contribution in [2.75, 3.05) is 14.2 Å². The number of pyridine rings is 1. The molecule has 0 aliphatic heterocycles. The first-order chi connectivity index (χ1) is 16.6. The van der Waals surface area contributed by atoms with Crippen LogP contribution < -0.4 is 4.74 Å². The molecule has 2 aromatic heterocycles. The Balaban J connectivity index is 1.50. The summed E-state index contributed by atoms with van der Waals surface area (Å²) in [5, 5.41) is 11.2.